The van der Waals surface area contributed by atoms with Gasteiger partial charge in [-0.3, -0.25) is 9.36 Å². The van der Waals surface area contributed by atoms with E-state index in [0.717, 1.165) is 4.90 Å². The van der Waals surface area contributed by atoms with Crippen molar-refractivity contribution >= 4 is 22.7 Å². The number of halogens is 1. The first-order valence-electron chi connectivity index (χ1n) is 6.93. The number of fused-ring (bicyclic) bond motifs is 1. The number of thioether (sulfide) groups is 1. The molecule has 1 heterocycles. The van der Waals surface area contributed by atoms with Crippen LogP contribution in [-0.2, 0) is 12.3 Å². The van der Waals surface area contributed by atoms with E-state index in [1.165, 1.54) is 28.5 Å². The molecule has 6 heteroatoms. The highest BCUT2D eigenvalue weighted by Gasteiger charge is 2.11. The van der Waals surface area contributed by atoms with Gasteiger partial charge in [0.05, 0.1) is 22.7 Å². The van der Waals surface area contributed by atoms with Crippen LogP contribution in [0, 0.1) is 17.1 Å². The molecule has 3 rings (SSSR count). The molecule has 3 aromatic rings. The van der Waals surface area contributed by atoms with Gasteiger partial charge in [0.15, 0.2) is 0 Å². The predicted molar refractivity (Wildman–Crippen MR) is 87.6 cm³/mol. The average molecular weight is 325 g/mol. The van der Waals surface area contributed by atoms with E-state index in [-0.39, 0.29) is 17.9 Å². The van der Waals surface area contributed by atoms with Crippen LogP contribution in [0.3, 0.4) is 0 Å². The van der Waals surface area contributed by atoms with Crippen molar-refractivity contribution in [2.75, 3.05) is 0 Å². The number of para-hydroxylation sites is 1. The van der Waals surface area contributed by atoms with E-state index in [2.05, 4.69) is 4.98 Å². The molecule has 0 spiro atoms. The van der Waals surface area contributed by atoms with Crippen LogP contribution in [0.25, 0.3) is 10.9 Å². The standard InChI is InChI=1S/C17H12FN3OS/c18-12-5-7-13(8-6-12)23-11-16-20-15-4-2-1-3-14(15)17(22)21(16)10-9-19/h1-8H,10-11H2. The molecular formula is C17H12FN3OS. The van der Waals surface area contributed by atoms with Crippen molar-refractivity contribution in [3.8, 4) is 6.07 Å². The van der Waals surface area contributed by atoms with Gasteiger partial charge in [0.1, 0.15) is 18.2 Å². The first-order chi connectivity index (χ1) is 11.2. The topological polar surface area (TPSA) is 58.7 Å². The van der Waals surface area contributed by atoms with E-state index in [9.17, 15) is 9.18 Å². The molecule has 23 heavy (non-hydrogen) atoms. The molecule has 0 aliphatic heterocycles. The van der Waals surface area contributed by atoms with Crippen LogP contribution in [0.2, 0.25) is 0 Å². The highest BCUT2D eigenvalue weighted by molar-refractivity contribution is 7.98. The zero-order valence-electron chi connectivity index (χ0n) is 12.1. The third kappa shape index (κ3) is 3.25. The Bertz CT molecular complexity index is 945. The maximum atomic E-state index is 12.9. The number of hydrogen-bond donors (Lipinski definition) is 0. The van der Waals surface area contributed by atoms with Crippen LogP contribution in [0.5, 0.6) is 0 Å². The molecule has 0 fully saturated rings. The van der Waals surface area contributed by atoms with Crippen LogP contribution in [0.1, 0.15) is 5.82 Å². The molecule has 0 unspecified atom stereocenters. The smallest absolute Gasteiger partial charge is 0.262 e. The van der Waals surface area contributed by atoms with Crippen molar-refractivity contribution in [3.63, 3.8) is 0 Å². The SMILES string of the molecule is N#CCn1c(CSc2ccc(F)cc2)nc2ccccc2c1=O. The second kappa shape index (κ2) is 6.63. The summed E-state index contributed by atoms with van der Waals surface area (Å²) in [4.78, 5) is 17.9. The Kier molecular flexibility index (Phi) is 4.40. The van der Waals surface area contributed by atoms with Crippen molar-refractivity contribution in [1.82, 2.24) is 9.55 Å². The number of aromatic nitrogens is 2. The maximum Gasteiger partial charge on any atom is 0.262 e. The second-order valence-corrected chi connectivity index (χ2v) is 5.89. The van der Waals surface area contributed by atoms with Gasteiger partial charge < -0.3 is 0 Å². The van der Waals surface area contributed by atoms with Gasteiger partial charge in [-0.25, -0.2) is 9.37 Å². The number of hydrogen-bond acceptors (Lipinski definition) is 4. The predicted octanol–water partition coefficient (Wildman–Crippen LogP) is 3.35. The minimum atomic E-state index is -0.292. The monoisotopic (exact) mass is 325 g/mol. The van der Waals surface area contributed by atoms with Crippen molar-refractivity contribution in [1.29, 1.82) is 5.26 Å². The highest BCUT2D eigenvalue weighted by Crippen LogP contribution is 2.22. The van der Waals surface area contributed by atoms with Crippen molar-refractivity contribution < 1.29 is 4.39 Å². The molecule has 0 aliphatic carbocycles. The average Bonchev–Trinajstić information content (AvgIpc) is 2.57. The van der Waals surface area contributed by atoms with Crippen molar-refractivity contribution in [3.05, 3.63) is 70.5 Å². The summed E-state index contributed by atoms with van der Waals surface area (Å²) >= 11 is 1.44. The molecule has 0 N–H and O–H groups in total. The quantitative estimate of drug-likeness (QED) is 0.690. The molecule has 114 valence electrons. The minimum Gasteiger partial charge on any atom is -0.281 e. The van der Waals surface area contributed by atoms with Gasteiger partial charge in [0.25, 0.3) is 5.56 Å². The lowest BCUT2D eigenvalue weighted by Crippen LogP contribution is -2.24. The van der Waals surface area contributed by atoms with Gasteiger partial charge in [0, 0.05) is 4.90 Å². The summed E-state index contributed by atoms with van der Waals surface area (Å²) in [6.07, 6.45) is 0. The summed E-state index contributed by atoms with van der Waals surface area (Å²) in [6, 6.07) is 15.2. The lowest BCUT2D eigenvalue weighted by Gasteiger charge is -2.10. The Morgan fingerprint density at radius 3 is 2.65 bits per heavy atom. The van der Waals surface area contributed by atoms with E-state index in [0.29, 0.717) is 22.5 Å². The third-order valence-corrected chi connectivity index (χ3v) is 4.36. The Hall–Kier alpha value is -2.65. The normalized spacial score (nSPS) is 10.6. The Labute approximate surface area is 136 Å². The summed E-state index contributed by atoms with van der Waals surface area (Å²) in [5.41, 5.74) is 0.397. The molecule has 0 saturated heterocycles. The van der Waals surface area contributed by atoms with Crippen LogP contribution in [0.15, 0.2) is 58.2 Å². The third-order valence-electron chi connectivity index (χ3n) is 3.35. The van der Waals surface area contributed by atoms with Gasteiger partial charge in [-0.1, -0.05) is 12.1 Å². The lowest BCUT2D eigenvalue weighted by atomic mass is 10.2. The first kappa shape index (κ1) is 15.3. The van der Waals surface area contributed by atoms with E-state index in [1.807, 2.05) is 12.1 Å². The molecule has 0 aliphatic rings. The molecule has 0 radical (unpaired) electrons. The first-order valence-corrected chi connectivity index (χ1v) is 7.91. The fourth-order valence-corrected chi connectivity index (χ4v) is 3.08. The summed E-state index contributed by atoms with van der Waals surface area (Å²) in [7, 11) is 0. The Morgan fingerprint density at radius 1 is 1.17 bits per heavy atom. The molecular weight excluding hydrogens is 313 g/mol. The molecule has 0 amide bonds. The largest absolute Gasteiger partial charge is 0.281 e. The van der Waals surface area contributed by atoms with Crippen LogP contribution >= 0.6 is 11.8 Å². The van der Waals surface area contributed by atoms with E-state index < -0.39 is 0 Å². The van der Waals surface area contributed by atoms with Crippen LogP contribution < -0.4 is 5.56 Å². The summed E-state index contributed by atoms with van der Waals surface area (Å²) in [6.45, 7) is -0.0457. The maximum absolute atomic E-state index is 12.9. The van der Waals surface area contributed by atoms with Gasteiger partial charge >= 0.3 is 0 Å². The summed E-state index contributed by atoms with van der Waals surface area (Å²) in [5.74, 6) is 0.664. The molecule has 0 atom stereocenters. The highest BCUT2D eigenvalue weighted by atomic mass is 32.2. The zero-order chi connectivity index (χ0) is 16.2. The van der Waals surface area contributed by atoms with Gasteiger partial charge in [-0.2, -0.15) is 5.26 Å². The minimum absolute atomic E-state index is 0.0457. The Balaban J connectivity index is 1.98. The molecule has 2 aromatic carbocycles. The number of nitriles is 1. The molecule has 1 aromatic heterocycles. The van der Waals surface area contributed by atoms with E-state index in [4.69, 9.17) is 5.26 Å². The van der Waals surface area contributed by atoms with Gasteiger partial charge in [-0.15, -0.1) is 11.8 Å². The van der Waals surface area contributed by atoms with Gasteiger partial charge in [-0.05, 0) is 36.4 Å². The number of nitrogens with zero attached hydrogens (tertiary/aromatic N) is 3. The molecule has 4 nitrogen and oxygen atoms in total. The zero-order valence-corrected chi connectivity index (χ0v) is 12.9. The molecule has 0 saturated carbocycles. The van der Waals surface area contributed by atoms with Crippen LogP contribution in [0.4, 0.5) is 4.39 Å². The Morgan fingerprint density at radius 2 is 1.91 bits per heavy atom. The van der Waals surface area contributed by atoms with Crippen molar-refractivity contribution in [2.45, 2.75) is 17.2 Å². The van der Waals surface area contributed by atoms with Gasteiger partial charge in [0.2, 0.25) is 0 Å². The summed E-state index contributed by atoms with van der Waals surface area (Å²) < 4.78 is 14.3. The molecule has 0 bridgehead atoms. The number of rotatable bonds is 4. The fourth-order valence-electron chi connectivity index (χ4n) is 2.24. The number of benzene rings is 2. The second-order valence-electron chi connectivity index (χ2n) is 4.84. The lowest BCUT2D eigenvalue weighted by molar-refractivity contribution is 0.626. The van der Waals surface area contributed by atoms with E-state index in [1.54, 1.807) is 30.3 Å². The van der Waals surface area contributed by atoms with E-state index >= 15 is 0 Å². The fraction of sp³-hybridized carbons (Fsp3) is 0.118. The van der Waals surface area contributed by atoms with Crippen LogP contribution in [-0.4, -0.2) is 9.55 Å². The van der Waals surface area contributed by atoms with Crippen molar-refractivity contribution in [2.24, 2.45) is 0 Å². The summed E-state index contributed by atoms with van der Waals surface area (Å²) in [5, 5.41) is 9.47.